The number of nitrogens with zero attached hydrogens (tertiary/aromatic N) is 2. The molecule has 1 aromatic carbocycles. The first-order valence-corrected chi connectivity index (χ1v) is 7.76. The van der Waals surface area contributed by atoms with E-state index in [1.54, 1.807) is 6.07 Å². The minimum atomic E-state index is -0.980. The van der Waals surface area contributed by atoms with Crippen LogP contribution in [0.4, 0.5) is 5.69 Å². The number of aromatic nitrogens is 1. The number of carbonyl (C=O) groups is 1. The summed E-state index contributed by atoms with van der Waals surface area (Å²) in [5.74, 6) is 1.28. The molecule has 5 heteroatoms. The number of thioether (sulfide) groups is 1. The zero-order chi connectivity index (χ0) is 14.1. The van der Waals surface area contributed by atoms with Gasteiger partial charge >= 0.3 is 5.97 Å². The van der Waals surface area contributed by atoms with E-state index < -0.39 is 5.97 Å². The van der Waals surface area contributed by atoms with Crippen molar-refractivity contribution in [2.24, 2.45) is 0 Å². The van der Waals surface area contributed by atoms with Crippen molar-refractivity contribution >= 4 is 34.3 Å². The quantitative estimate of drug-likeness (QED) is 0.941. The molecular weight excluding hydrogens is 272 g/mol. The van der Waals surface area contributed by atoms with Crippen LogP contribution in [0.15, 0.2) is 30.3 Å². The Morgan fingerprint density at radius 3 is 2.95 bits per heavy atom. The summed E-state index contributed by atoms with van der Waals surface area (Å²) in [4.78, 5) is 17.7. The monoisotopic (exact) mass is 288 g/mol. The van der Waals surface area contributed by atoms with Crippen LogP contribution in [0.2, 0.25) is 0 Å². The minimum absolute atomic E-state index is 0.108. The molecule has 3 rings (SSSR count). The van der Waals surface area contributed by atoms with E-state index in [9.17, 15) is 9.90 Å². The van der Waals surface area contributed by atoms with Gasteiger partial charge < -0.3 is 10.0 Å². The van der Waals surface area contributed by atoms with Crippen LogP contribution in [-0.4, -0.2) is 40.7 Å². The molecule has 1 aliphatic rings. The lowest BCUT2D eigenvalue weighted by Gasteiger charge is -2.27. The van der Waals surface area contributed by atoms with Crippen LogP contribution in [-0.2, 0) is 0 Å². The van der Waals surface area contributed by atoms with Crippen LogP contribution in [0.25, 0.3) is 10.9 Å². The van der Waals surface area contributed by atoms with Crippen molar-refractivity contribution in [2.45, 2.75) is 12.5 Å². The molecule has 1 N–H and O–H groups in total. The lowest BCUT2D eigenvalue weighted by atomic mass is 10.1. The van der Waals surface area contributed by atoms with Gasteiger partial charge in [0.05, 0.1) is 5.52 Å². The lowest BCUT2D eigenvalue weighted by molar-refractivity contribution is 0.0691. The first-order chi connectivity index (χ1) is 9.66. The topological polar surface area (TPSA) is 53.4 Å². The zero-order valence-corrected chi connectivity index (χ0v) is 12.1. The molecule has 1 aromatic heterocycles. The fourth-order valence-electron chi connectivity index (χ4n) is 2.58. The summed E-state index contributed by atoms with van der Waals surface area (Å²) in [7, 11) is 2.05. The van der Waals surface area contributed by atoms with Crippen LogP contribution in [0, 0.1) is 0 Å². The molecule has 0 saturated carbocycles. The molecule has 1 unspecified atom stereocenters. The molecule has 1 atom stereocenters. The zero-order valence-electron chi connectivity index (χ0n) is 11.2. The Morgan fingerprint density at radius 1 is 1.45 bits per heavy atom. The number of hydrogen-bond acceptors (Lipinski definition) is 4. The number of anilines is 1. The van der Waals surface area contributed by atoms with Gasteiger partial charge in [-0.2, -0.15) is 11.8 Å². The van der Waals surface area contributed by atoms with Crippen LogP contribution in [0.3, 0.4) is 0 Å². The highest BCUT2D eigenvalue weighted by atomic mass is 32.2. The van der Waals surface area contributed by atoms with Crippen LogP contribution in [0.5, 0.6) is 0 Å². The first-order valence-electron chi connectivity index (χ1n) is 6.60. The van der Waals surface area contributed by atoms with Crippen molar-refractivity contribution in [3.8, 4) is 0 Å². The molecular formula is C15H16N2O2S. The van der Waals surface area contributed by atoms with Gasteiger partial charge in [0.2, 0.25) is 0 Å². The highest BCUT2D eigenvalue weighted by Gasteiger charge is 2.23. The fraction of sp³-hybridized carbons (Fsp3) is 0.333. The summed E-state index contributed by atoms with van der Waals surface area (Å²) in [6.07, 6.45) is 1.14. The number of rotatable bonds is 3. The number of benzene rings is 1. The van der Waals surface area contributed by atoms with Gasteiger partial charge in [-0.25, -0.2) is 9.78 Å². The summed E-state index contributed by atoms with van der Waals surface area (Å²) in [5, 5.41) is 10.2. The molecule has 4 nitrogen and oxygen atoms in total. The Hall–Kier alpha value is -1.75. The Balaban J connectivity index is 2.13. The van der Waals surface area contributed by atoms with E-state index >= 15 is 0 Å². The Bertz CT molecular complexity index is 653. The second-order valence-electron chi connectivity index (χ2n) is 4.98. The van der Waals surface area contributed by atoms with Gasteiger partial charge in [0.1, 0.15) is 0 Å². The molecule has 0 aliphatic carbocycles. The number of carboxylic acids is 1. The minimum Gasteiger partial charge on any atom is -0.477 e. The Labute approximate surface area is 121 Å². The number of aromatic carboxylic acids is 1. The average Bonchev–Trinajstić information content (AvgIpc) is 2.99. The number of pyridine rings is 1. The van der Waals surface area contributed by atoms with Gasteiger partial charge in [-0.05, 0) is 24.3 Å². The lowest BCUT2D eigenvalue weighted by Crippen LogP contribution is -2.31. The summed E-state index contributed by atoms with van der Waals surface area (Å²) < 4.78 is 0. The molecule has 1 saturated heterocycles. The number of hydrogen-bond donors (Lipinski definition) is 1. The smallest absolute Gasteiger partial charge is 0.354 e. The normalized spacial score (nSPS) is 18.4. The molecule has 2 aromatic rings. The largest absolute Gasteiger partial charge is 0.477 e. The van der Waals surface area contributed by atoms with Crippen molar-refractivity contribution in [3.05, 3.63) is 36.0 Å². The third kappa shape index (κ3) is 2.33. The van der Waals surface area contributed by atoms with E-state index in [1.807, 2.05) is 43.1 Å². The van der Waals surface area contributed by atoms with Crippen LogP contribution < -0.4 is 4.90 Å². The van der Waals surface area contributed by atoms with Crippen molar-refractivity contribution in [3.63, 3.8) is 0 Å². The van der Waals surface area contributed by atoms with E-state index in [0.717, 1.165) is 28.8 Å². The Kier molecular flexibility index (Phi) is 3.53. The molecule has 0 radical (unpaired) electrons. The van der Waals surface area contributed by atoms with Crippen LogP contribution in [0.1, 0.15) is 16.9 Å². The standard InChI is InChI=1S/C15H16N2O2S/c1-17(10-6-7-20-9-10)14-8-13(15(18)19)16-12-5-3-2-4-11(12)14/h2-5,8,10H,6-7,9H2,1H3,(H,18,19). The van der Waals surface area contributed by atoms with Gasteiger partial charge in [0.15, 0.2) is 5.69 Å². The first kappa shape index (κ1) is 13.2. The number of para-hydroxylation sites is 1. The SMILES string of the molecule is CN(c1cc(C(=O)O)nc2ccccc12)C1CCSC1. The van der Waals surface area contributed by atoms with Crippen molar-refractivity contribution in [2.75, 3.05) is 23.5 Å². The molecule has 1 aliphatic heterocycles. The predicted molar refractivity (Wildman–Crippen MR) is 82.8 cm³/mol. The van der Waals surface area contributed by atoms with E-state index in [4.69, 9.17) is 0 Å². The second kappa shape index (κ2) is 5.32. The molecule has 2 heterocycles. The Morgan fingerprint density at radius 2 is 2.25 bits per heavy atom. The van der Waals surface area contributed by atoms with Gasteiger partial charge in [-0.3, -0.25) is 0 Å². The van der Waals surface area contributed by atoms with Crippen molar-refractivity contribution in [1.29, 1.82) is 0 Å². The molecule has 0 spiro atoms. The molecule has 104 valence electrons. The van der Waals surface area contributed by atoms with Gasteiger partial charge in [-0.1, -0.05) is 18.2 Å². The average molecular weight is 288 g/mol. The van der Waals surface area contributed by atoms with Crippen LogP contribution >= 0.6 is 11.8 Å². The summed E-state index contributed by atoms with van der Waals surface area (Å²) >= 11 is 1.95. The van der Waals surface area contributed by atoms with E-state index in [1.165, 1.54) is 5.75 Å². The predicted octanol–water partition coefficient (Wildman–Crippen LogP) is 2.87. The maximum atomic E-state index is 11.3. The summed E-state index contributed by atoms with van der Waals surface area (Å²) in [6, 6.07) is 9.87. The third-order valence-electron chi connectivity index (χ3n) is 3.75. The second-order valence-corrected chi connectivity index (χ2v) is 6.13. The number of fused-ring (bicyclic) bond motifs is 1. The fourth-order valence-corrected chi connectivity index (χ4v) is 3.85. The maximum absolute atomic E-state index is 11.3. The van der Waals surface area contributed by atoms with Gasteiger partial charge in [0.25, 0.3) is 0 Å². The third-order valence-corrected chi connectivity index (χ3v) is 4.89. The van der Waals surface area contributed by atoms with Crippen molar-refractivity contribution < 1.29 is 9.90 Å². The van der Waals surface area contributed by atoms with Gasteiger partial charge in [0, 0.05) is 29.9 Å². The van der Waals surface area contributed by atoms with E-state index in [0.29, 0.717) is 6.04 Å². The maximum Gasteiger partial charge on any atom is 0.354 e. The highest BCUT2D eigenvalue weighted by molar-refractivity contribution is 7.99. The van der Waals surface area contributed by atoms with E-state index in [-0.39, 0.29) is 5.69 Å². The van der Waals surface area contributed by atoms with Crippen molar-refractivity contribution in [1.82, 2.24) is 4.98 Å². The molecule has 1 fully saturated rings. The summed E-state index contributed by atoms with van der Waals surface area (Å²) in [5.41, 5.74) is 1.80. The molecule has 0 amide bonds. The van der Waals surface area contributed by atoms with Gasteiger partial charge in [-0.15, -0.1) is 0 Å². The summed E-state index contributed by atoms with van der Waals surface area (Å²) in [6.45, 7) is 0. The molecule has 0 bridgehead atoms. The van der Waals surface area contributed by atoms with E-state index in [2.05, 4.69) is 9.88 Å². The molecule has 20 heavy (non-hydrogen) atoms. The number of carboxylic acid groups (broad SMARTS) is 1. The highest BCUT2D eigenvalue weighted by Crippen LogP contribution is 2.31.